The van der Waals surface area contributed by atoms with Crippen LogP contribution in [0.1, 0.15) is 46.0 Å². The van der Waals surface area contributed by atoms with Gasteiger partial charge in [-0.3, -0.25) is 4.79 Å². The molecule has 0 aromatic carbocycles. The standard InChI is InChI=1S/C13H24N2O3S/c1-11-6-9-14(10-7-11)19(17,18)15-8-4-3-5-13(15)12(2)16/h11,13H,3-10H2,1-2H3. The van der Waals surface area contributed by atoms with Gasteiger partial charge in [0.05, 0.1) is 6.04 Å². The van der Waals surface area contributed by atoms with Crippen LogP contribution in [0, 0.1) is 5.92 Å². The monoisotopic (exact) mass is 288 g/mol. The molecule has 19 heavy (non-hydrogen) atoms. The number of piperidine rings is 2. The number of hydrogen-bond donors (Lipinski definition) is 0. The lowest BCUT2D eigenvalue weighted by Crippen LogP contribution is -2.54. The van der Waals surface area contributed by atoms with Crippen LogP contribution >= 0.6 is 0 Å². The Balaban J connectivity index is 2.15. The molecule has 6 heteroatoms. The number of nitrogens with zero attached hydrogens (tertiary/aromatic N) is 2. The van der Waals surface area contributed by atoms with Crippen molar-refractivity contribution in [1.82, 2.24) is 8.61 Å². The van der Waals surface area contributed by atoms with Crippen molar-refractivity contribution >= 4 is 16.0 Å². The summed E-state index contributed by atoms with van der Waals surface area (Å²) in [6.45, 7) is 5.31. The number of hydrogen-bond acceptors (Lipinski definition) is 3. The first-order valence-corrected chi connectivity index (χ1v) is 8.60. The predicted octanol–water partition coefficient (Wildman–Crippen LogP) is 1.41. The van der Waals surface area contributed by atoms with Crippen LogP contribution in [0.4, 0.5) is 0 Å². The number of Topliss-reactive ketones (excluding diaryl/α,β-unsaturated/α-hetero) is 1. The predicted molar refractivity (Wildman–Crippen MR) is 73.9 cm³/mol. The highest BCUT2D eigenvalue weighted by Crippen LogP contribution is 2.26. The summed E-state index contributed by atoms with van der Waals surface area (Å²) < 4.78 is 28.3. The summed E-state index contributed by atoms with van der Waals surface area (Å²) in [6.07, 6.45) is 4.29. The lowest BCUT2D eigenvalue weighted by molar-refractivity contribution is -0.121. The molecule has 2 heterocycles. The van der Waals surface area contributed by atoms with E-state index < -0.39 is 16.3 Å². The van der Waals surface area contributed by atoms with E-state index in [9.17, 15) is 13.2 Å². The average Bonchev–Trinajstić information content (AvgIpc) is 2.39. The average molecular weight is 288 g/mol. The molecule has 5 nitrogen and oxygen atoms in total. The number of carbonyl (C=O) groups excluding carboxylic acids is 1. The van der Waals surface area contributed by atoms with Gasteiger partial charge in [-0.1, -0.05) is 13.3 Å². The van der Waals surface area contributed by atoms with Gasteiger partial charge in [0.15, 0.2) is 0 Å². The quantitative estimate of drug-likeness (QED) is 0.789. The highest BCUT2D eigenvalue weighted by atomic mass is 32.2. The van der Waals surface area contributed by atoms with Crippen LogP contribution in [-0.2, 0) is 15.0 Å². The number of rotatable bonds is 3. The van der Waals surface area contributed by atoms with E-state index in [4.69, 9.17) is 0 Å². The first kappa shape index (κ1) is 14.9. The third kappa shape index (κ3) is 3.17. The van der Waals surface area contributed by atoms with Gasteiger partial charge >= 0.3 is 0 Å². The summed E-state index contributed by atoms with van der Waals surface area (Å²) in [7, 11) is -3.46. The fourth-order valence-electron chi connectivity index (χ4n) is 2.95. The Hall–Kier alpha value is -0.460. The molecule has 0 aromatic heterocycles. The molecule has 0 aromatic rings. The molecule has 2 aliphatic rings. The summed E-state index contributed by atoms with van der Waals surface area (Å²) in [5.41, 5.74) is 0. The Morgan fingerprint density at radius 3 is 2.26 bits per heavy atom. The molecule has 1 unspecified atom stereocenters. The zero-order chi connectivity index (χ0) is 14.0. The zero-order valence-corrected chi connectivity index (χ0v) is 12.7. The van der Waals surface area contributed by atoms with Crippen molar-refractivity contribution in [1.29, 1.82) is 0 Å². The van der Waals surface area contributed by atoms with Crippen LogP contribution in [-0.4, -0.2) is 48.5 Å². The van der Waals surface area contributed by atoms with Crippen molar-refractivity contribution in [2.75, 3.05) is 19.6 Å². The van der Waals surface area contributed by atoms with Gasteiger partial charge in [-0.15, -0.1) is 0 Å². The molecule has 2 rings (SSSR count). The van der Waals surface area contributed by atoms with E-state index in [2.05, 4.69) is 6.92 Å². The molecular weight excluding hydrogens is 264 g/mol. The molecule has 110 valence electrons. The normalized spacial score (nSPS) is 28.4. The second-order valence-electron chi connectivity index (χ2n) is 5.82. The van der Waals surface area contributed by atoms with Crippen molar-refractivity contribution in [2.45, 2.75) is 52.0 Å². The van der Waals surface area contributed by atoms with Gasteiger partial charge in [-0.2, -0.15) is 17.0 Å². The molecule has 1 atom stereocenters. The molecule has 2 fully saturated rings. The summed E-state index contributed by atoms with van der Waals surface area (Å²) >= 11 is 0. The molecule has 0 saturated carbocycles. The number of ketones is 1. The first-order chi connectivity index (χ1) is 8.93. The molecule has 0 N–H and O–H groups in total. The molecule has 0 aliphatic carbocycles. The summed E-state index contributed by atoms with van der Waals surface area (Å²) in [6, 6.07) is -0.446. The first-order valence-electron chi connectivity index (χ1n) is 7.20. The van der Waals surface area contributed by atoms with Crippen LogP contribution < -0.4 is 0 Å². The van der Waals surface area contributed by atoms with Crippen molar-refractivity contribution in [3.8, 4) is 0 Å². The van der Waals surface area contributed by atoms with Crippen LogP contribution in [0.2, 0.25) is 0 Å². The van der Waals surface area contributed by atoms with E-state index >= 15 is 0 Å². The summed E-state index contributed by atoms with van der Waals surface area (Å²) in [4.78, 5) is 11.7. The minimum absolute atomic E-state index is 0.0337. The topological polar surface area (TPSA) is 57.7 Å². The maximum Gasteiger partial charge on any atom is 0.282 e. The molecular formula is C13H24N2O3S. The van der Waals surface area contributed by atoms with Gasteiger partial charge in [0.2, 0.25) is 0 Å². The number of carbonyl (C=O) groups is 1. The minimum Gasteiger partial charge on any atom is -0.298 e. The maximum absolute atomic E-state index is 12.7. The Morgan fingerprint density at radius 2 is 1.68 bits per heavy atom. The molecule has 0 bridgehead atoms. The van der Waals surface area contributed by atoms with Crippen LogP contribution in [0.3, 0.4) is 0 Å². The summed E-state index contributed by atoms with van der Waals surface area (Å²) in [5.74, 6) is 0.560. The maximum atomic E-state index is 12.7. The Kier molecular flexibility index (Phi) is 4.63. The highest BCUT2D eigenvalue weighted by molar-refractivity contribution is 7.86. The minimum atomic E-state index is -3.46. The van der Waals surface area contributed by atoms with E-state index in [1.165, 1.54) is 11.2 Å². The molecule has 2 saturated heterocycles. The van der Waals surface area contributed by atoms with E-state index in [0.717, 1.165) is 25.7 Å². The van der Waals surface area contributed by atoms with Crippen LogP contribution in [0.5, 0.6) is 0 Å². The molecule has 0 spiro atoms. The van der Waals surface area contributed by atoms with Crippen LogP contribution in [0.25, 0.3) is 0 Å². The van der Waals surface area contributed by atoms with E-state index in [0.29, 0.717) is 32.0 Å². The second-order valence-corrected chi connectivity index (χ2v) is 7.70. The molecule has 2 aliphatic heterocycles. The van der Waals surface area contributed by atoms with Crippen molar-refractivity contribution in [3.05, 3.63) is 0 Å². The highest BCUT2D eigenvalue weighted by Gasteiger charge is 2.39. The van der Waals surface area contributed by atoms with Gasteiger partial charge in [-0.05, 0) is 38.5 Å². The fraction of sp³-hybridized carbons (Fsp3) is 0.923. The molecule has 0 radical (unpaired) electrons. The van der Waals surface area contributed by atoms with Gasteiger partial charge < -0.3 is 0 Å². The van der Waals surface area contributed by atoms with Gasteiger partial charge in [0.25, 0.3) is 10.2 Å². The largest absolute Gasteiger partial charge is 0.298 e. The van der Waals surface area contributed by atoms with E-state index in [-0.39, 0.29) is 5.78 Å². The third-order valence-electron chi connectivity index (χ3n) is 4.29. The lowest BCUT2D eigenvalue weighted by atomic mass is 10.0. The van der Waals surface area contributed by atoms with E-state index in [1.54, 1.807) is 4.31 Å². The third-order valence-corrected chi connectivity index (χ3v) is 6.34. The smallest absolute Gasteiger partial charge is 0.282 e. The fourth-order valence-corrected chi connectivity index (χ4v) is 4.86. The van der Waals surface area contributed by atoms with Crippen LogP contribution in [0.15, 0.2) is 0 Å². The van der Waals surface area contributed by atoms with Gasteiger partial charge in [0, 0.05) is 19.6 Å². The van der Waals surface area contributed by atoms with Crippen molar-refractivity contribution < 1.29 is 13.2 Å². The Morgan fingerprint density at radius 1 is 1.05 bits per heavy atom. The Labute approximate surface area is 116 Å². The second kappa shape index (κ2) is 5.89. The summed E-state index contributed by atoms with van der Waals surface area (Å²) in [5, 5.41) is 0. The molecule has 0 amide bonds. The lowest BCUT2D eigenvalue weighted by Gasteiger charge is -2.38. The van der Waals surface area contributed by atoms with Gasteiger partial charge in [0.1, 0.15) is 5.78 Å². The van der Waals surface area contributed by atoms with Crippen molar-refractivity contribution in [3.63, 3.8) is 0 Å². The Bertz CT molecular complexity index is 427. The van der Waals surface area contributed by atoms with Gasteiger partial charge in [-0.25, -0.2) is 0 Å². The SMILES string of the molecule is CC(=O)C1CCCCN1S(=O)(=O)N1CCC(C)CC1. The van der Waals surface area contributed by atoms with Crippen molar-refractivity contribution in [2.24, 2.45) is 5.92 Å². The zero-order valence-electron chi connectivity index (χ0n) is 11.8. The van der Waals surface area contributed by atoms with E-state index in [1.807, 2.05) is 0 Å².